The van der Waals surface area contributed by atoms with E-state index in [1.807, 2.05) is 42.0 Å². The van der Waals surface area contributed by atoms with Gasteiger partial charge in [-0.2, -0.15) is 16.9 Å². The number of nitrogens with zero attached hydrogens (tertiary/aromatic N) is 2. The van der Waals surface area contributed by atoms with Gasteiger partial charge in [-0.15, -0.1) is 19.0 Å². The molecule has 1 aromatic heterocycles. The standard InChI is InChI=1S/C10H17N3S.ClH/c1-3-5-14-6-4-11-7-10-8-12-13(2)9-10;/h3,8-9,11H,1,4-7H2,2H3;1H. The molecule has 0 amide bonds. The zero-order valence-electron chi connectivity index (χ0n) is 8.98. The SMILES string of the molecule is C=CCSCCNCc1cnn(C)c1.Cl. The Kier molecular flexibility index (Phi) is 8.56. The van der Waals surface area contributed by atoms with Crippen molar-refractivity contribution < 1.29 is 0 Å². The first kappa shape index (κ1) is 14.6. The van der Waals surface area contributed by atoms with Crippen LogP contribution in [0.4, 0.5) is 0 Å². The number of thioether (sulfide) groups is 1. The van der Waals surface area contributed by atoms with Gasteiger partial charge < -0.3 is 5.32 Å². The van der Waals surface area contributed by atoms with Crippen molar-refractivity contribution in [2.75, 3.05) is 18.1 Å². The molecular formula is C10H18ClN3S. The van der Waals surface area contributed by atoms with Crippen molar-refractivity contribution in [2.24, 2.45) is 7.05 Å². The summed E-state index contributed by atoms with van der Waals surface area (Å²) in [5.74, 6) is 2.17. The van der Waals surface area contributed by atoms with Gasteiger partial charge in [0.25, 0.3) is 0 Å². The second-order valence-corrected chi connectivity index (χ2v) is 4.21. The van der Waals surface area contributed by atoms with Crippen molar-refractivity contribution in [1.82, 2.24) is 15.1 Å². The summed E-state index contributed by atoms with van der Waals surface area (Å²) >= 11 is 1.89. The number of hydrogen-bond acceptors (Lipinski definition) is 3. The highest BCUT2D eigenvalue weighted by molar-refractivity contribution is 7.99. The van der Waals surface area contributed by atoms with Gasteiger partial charge in [-0.05, 0) is 0 Å². The summed E-state index contributed by atoms with van der Waals surface area (Å²) in [5, 5.41) is 7.47. The van der Waals surface area contributed by atoms with Crippen LogP contribution in [-0.4, -0.2) is 27.8 Å². The summed E-state index contributed by atoms with van der Waals surface area (Å²) in [6.45, 7) is 5.62. The van der Waals surface area contributed by atoms with Crippen LogP contribution < -0.4 is 5.32 Å². The Labute approximate surface area is 102 Å². The molecule has 3 nitrogen and oxygen atoms in total. The minimum Gasteiger partial charge on any atom is -0.312 e. The summed E-state index contributed by atoms with van der Waals surface area (Å²) in [6.07, 6.45) is 5.86. The van der Waals surface area contributed by atoms with Gasteiger partial charge in [-0.25, -0.2) is 0 Å². The van der Waals surface area contributed by atoms with Crippen molar-refractivity contribution in [3.05, 3.63) is 30.6 Å². The third-order valence-corrected chi connectivity index (χ3v) is 2.71. The molecule has 0 unspecified atom stereocenters. The van der Waals surface area contributed by atoms with Crippen molar-refractivity contribution >= 4 is 24.2 Å². The fourth-order valence-electron chi connectivity index (χ4n) is 1.11. The highest BCUT2D eigenvalue weighted by atomic mass is 35.5. The van der Waals surface area contributed by atoms with E-state index in [-0.39, 0.29) is 12.4 Å². The average Bonchev–Trinajstić information content (AvgIpc) is 2.58. The lowest BCUT2D eigenvalue weighted by molar-refractivity contribution is 0.728. The quantitative estimate of drug-likeness (QED) is 0.589. The third-order valence-electron chi connectivity index (χ3n) is 1.75. The molecule has 1 N–H and O–H groups in total. The van der Waals surface area contributed by atoms with Gasteiger partial charge in [0.2, 0.25) is 0 Å². The first-order valence-electron chi connectivity index (χ1n) is 4.70. The highest BCUT2D eigenvalue weighted by Gasteiger charge is 1.94. The van der Waals surface area contributed by atoms with E-state index >= 15 is 0 Å². The van der Waals surface area contributed by atoms with Gasteiger partial charge in [0.05, 0.1) is 6.20 Å². The van der Waals surface area contributed by atoms with E-state index in [0.717, 1.165) is 24.6 Å². The summed E-state index contributed by atoms with van der Waals surface area (Å²) in [7, 11) is 1.93. The van der Waals surface area contributed by atoms with Crippen molar-refractivity contribution in [3.8, 4) is 0 Å². The number of rotatable bonds is 7. The maximum atomic E-state index is 4.10. The molecule has 0 aromatic carbocycles. The molecule has 0 bridgehead atoms. The van der Waals surface area contributed by atoms with Gasteiger partial charge in [-0.1, -0.05) is 6.08 Å². The second-order valence-electron chi connectivity index (χ2n) is 3.06. The molecule has 86 valence electrons. The molecule has 0 fully saturated rings. The molecule has 0 aliphatic heterocycles. The fourth-order valence-corrected chi connectivity index (χ4v) is 1.73. The Balaban J connectivity index is 0.00000196. The van der Waals surface area contributed by atoms with Gasteiger partial charge in [-0.3, -0.25) is 4.68 Å². The molecule has 1 rings (SSSR count). The Bertz CT molecular complexity index is 275. The van der Waals surface area contributed by atoms with Crippen LogP contribution in [0.2, 0.25) is 0 Å². The summed E-state index contributed by atoms with van der Waals surface area (Å²) < 4.78 is 1.82. The predicted molar refractivity (Wildman–Crippen MR) is 69.7 cm³/mol. The predicted octanol–water partition coefficient (Wildman–Crippen LogP) is 1.85. The molecule has 1 heterocycles. The molecule has 0 aliphatic rings. The lowest BCUT2D eigenvalue weighted by atomic mass is 10.3. The maximum absolute atomic E-state index is 4.10. The van der Waals surface area contributed by atoms with Gasteiger partial charge in [0, 0.05) is 43.4 Å². The molecule has 0 aliphatic carbocycles. The van der Waals surface area contributed by atoms with Crippen LogP contribution in [0.1, 0.15) is 5.56 Å². The molecule has 0 saturated heterocycles. The van der Waals surface area contributed by atoms with E-state index in [4.69, 9.17) is 0 Å². The second kappa shape index (κ2) is 8.83. The summed E-state index contributed by atoms with van der Waals surface area (Å²) in [5.41, 5.74) is 1.24. The number of aromatic nitrogens is 2. The van der Waals surface area contributed by atoms with E-state index in [2.05, 4.69) is 17.0 Å². The first-order chi connectivity index (χ1) is 6.83. The van der Waals surface area contributed by atoms with Crippen LogP contribution in [0.5, 0.6) is 0 Å². The zero-order chi connectivity index (χ0) is 10.2. The first-order valence-corrected chi connectivity index (χ1v) is 5.85. The largest absolute Gasteiger partial charge is 0.312 e. The molecule has 0 radical (unpaired) electrons. The molecule has 1 aromatic rings. The van der Waals surface area contributed by atoms with Crippen molar-refractivity contribution in [1.29, 1.82) is 0 Å². The third kappa shape index (κ3) is 6.60. The molecular weight excluding hydrogens is 230 g/mol. The Morgan fingerprint density at radius 3 is 3.07 bits per heavy atom. The van der Waals surface area contributed by atoms with E-state index in [1.54, 1.807) is 0 Å². The Morgan fingerprint density at radius 1 is 1.67 bits per heavy atom. The topological polar surface area (TPSA) is 29.9 Å². The minimum absolute atomic E-state index is 0. The van der Waals surface area contributed by atoms with Crippen LogP contribution in [0.25, 0.3) is 0 Å². The molecule has 0 saturated carbocycles. The number of halogens is 1. The maximum Gasteiger partial charge on any atom is 0.0534 e. The lowest BCUT2D eigenvalue weighted by Crippen LogP contribution is -2.16. The van der Waals surface area contributed by atoms with E-state index in [9.17, 15) is 0 Å². The zero-order valence-corrected chi connectivity index (χ0v) is 10.6. The molecule has 0 spiro atoms. The van der Waals surface area contributed by atoms with E-state index < -0.39 is 0 Å². The minimum atomic E-state index is 0. The van der Waals surface area contributed by atoms with Crippen LogP contribution in [-0.2, 0) is 13.6 Å². The van der Waals surface area contributed by atoms with Gasteiger partial charge in [0.1, 0.15) is 0 Å². The highest BCUT2D eigenvalue weighted by Crippen LogP contribution is 1.98. The smallest absolute Gasteiger partial charge is 0.0534 e. The number of aryl methyl sites for hydroxylation is 1. The molecule has 5 heteroatoms. The van der Waals surface area contributed by atoms with Crippen LogP contribution in [0, 0.1) is 0 Å². The lowest BCUT2D eigenvalue weighted by Gasteiger charge is -2.01. The van der Waals surface area contributed by atoms with Crippen LogP contribution >= 0.6 is 24.2 Å². The Morgan fingerprint density at radius 2 is 2.47 bits per heavy atom. The van der Waals surface area contributed by atoms with E-state index in [0.29, 0.717) is 0 Å². The average molecular weight is 248 g/mol. The normalized spacial score (nSPS) is 9.67. The van der Waals surface area contributed by atoms with Crippen LogP contribution in [0.15, 0.2) is 25.0 Å². The van der Waals surface area contributed by atoms with Gasteiger partial charge >= 0.3 is 0 Å². The van der Waals surface area contributed by atoms with Crippen molar-refractivity contribution in [2.45, 2.75) is 6.54 Å². The van der Waals surface area contributed by atoms with Crippen LogP contribution in [0.3, 0.4) is 0 Å². The Hall–Kier alpha value is -0.450. The van der Waals surface area contributed by atoms with Crippen molar-refractivity contribution in [3.63, 3.8) is 0 Å². The number of nitrogens with one attached hydrogen (secondary N) is 1. The summed E-state index contributed by atoms with van der Waals surface area (Å²) in [4.78, 5) is 0. The molecule has 0 atom stereocenters. The molecule has 15 heavy (non-hydrogen) atoms. The summed E-state index contributed by atoms with van der Waals surface area (Å²) in [6, 6.07) is 0. The monoisotopic (exact) mass is 247 g/mol. The van der Waals surface area contributed by atoms with E-state index in [1.165, 1.54) is 5.56 Å². The van der Waals surface area contributed by atoms with Gasteiger partial charge in [0.15, 0.2) is 0 Å². The number of hydrogen-bond donors (Lipinski definition) is 1. The fraction of sp³-hybridized carbons (Fsp3) is 0.500.